The number of anilines is 1. The van der Waals surface area contributed by atoms with Crippen LogP contribution in [0.1, 0.15) is 19.3 Å². The van der Waals surface area contributed by atoms with Crippen LogP contribution in [0.3, 0.4) is 0 Å². The van der Waals surface area contributed by atoms with Crippen molar-refractivity contribution in [2.45, 2.75) is 30.2 Å². The Labute approximate surface area is 126 Å². The van der Waals surface area contributed by atoms with Gasteiger partial charge in [-0.25, -0.2) is 13.1 Å². The number of sulfonamides is 1. The largest absolute Gasteiger partial charge is 0.370 e. The minimum Gasteiger partial charge on any atom is -0.370 e. The Morgan fingerprint density at radius 1 is 1.19 bits per heavy atom. The average Bonchev–Trinajstić information content (AvgIpc) is 2.90. The first-order valence-electron chi connectivity index (χ1n) is 7.54. The lowest BCUT2D eigenvalue weighted by Crippen LogP contribution is -2.32. The number of nitrogens with zero attached hydrogens (tertiary/aromatic N) is 1. The number of para-hydroxylation sites is 1. The molecule has 0 aromatic heterocycles. The van der Waals surface area contributed by atoms with Gasteiger partial charge in [-0.3, -0.25) is 0 Å². The maximum absolute atomic E-state index is 12.2. The molecule has 1 unspecified atom stereocenters. The van der Waals surface area contributed by atoms with E-state index in [2.05, 4.69) is 9.62 Å². The van der Waals surface area contributed by atoms with Crippen LogP contribution in [0, 0.1) is 11.8 Å². The van der Waals surface area contributed by atoms with Gasteiger partial charge in [-0.05, 0) is 50.3 Å². The molecule has 1 saturated heterocycles. The molecule has 5 nitrogen and oxygen atoms in total. The monoisotopic (exact) mass is 309 g/mol. The predicted molar refractivity (Wildman–Crippen MR) is 83.7 cm³/mol. The second kappa shape index (κ2) is 5.59. The van der Waals surface area contributed by atoms with Crippen LogP contribution in [0.2, 0.25) is 0 Å². The Bertz CT molecular complexity index is 617. The maximum Gasteiger partial charge on any atom is 0.242 e. The highest BCUT2D eigenvalue weighted by Crippen LogP contribution is 2.39. The zero-order valence-electron chi connectivity index (χ0n) is 12.3. The second-order valence-corrected chi connectivity index (χ2v) is 8.03. The molecule has 1 aliphatic carbocycles. The van der Waals surface area contributed by atoms with Crippen molar-refractivity contribution >= 4 is 15.7 Å². The summed E-state index contributed by atoms with van der Waals surface area (Å²) in [7, 11) is -1.97. The molecule has 2 aliphatic rings. The summed E-state index contributed by atoms with van der Waals surface area (Å²) in [5, 5.41) is 0. The Morgan fingerprint density at radius 2 is 1.90 bits per heavy atom. The molecule has 0 bridgehead atoms. The highest BCUT2D eigenvalue weighted by Gasteiger charge is 2.38. The van der Waals surface area contributed by atoms with Gasteiger partial charge in [-0.2, -0.15) is 0 Å². The number of benzene rings is 1. The van der Waals surface area contributed by atoms with Crippen LogP contribution in [0.15, 0.2) is 29.2 Å². The van der Waals surface area contributed by atoms with E-state index in [4.69, 9.17) is 5.73 Å². The van der Waals surface area contributed by atoms with E-state index in [1.807, 2.05) is 12.1 Å². The Kier molecular flexibility index (Phi) is 3.94. The molecule has 3 N–H and O–H groups in total. The molecule has 1 aromatic carbocycles. The minimum absolute atomic E-state index is 0.308. The van der Waals surface area contributed by atoms with E-state index < -0.39 is 10.0 Å². The number of nitrogens with one attached hydrogen (secondary N) is 1. The summed E-state index contributed by atoms with van der Waals surface area (Å²) in [4.78, 5) is 2.59. The van der Waals surface area contributed by atoms with Crippen molar-refractivity contribution < 1.29 is 8.42 Å². The Hall–Kier alpha value is -1.11. The van der Waals surface area contributed by atoms with Crippen LogP contribution < -0.4 is 15.4 Å². The van der Waals surface area contributed by atoms with Crippen LogP contribution in [0.5, 0.6) is 0 Å². The zero-order valence-corrected chi connectivity index (χ0v) is 13.1. The van der Waals surface area contributed by atoms with Crippen molar-refractivity contribution in [3.8, 4) is 0 Å². The van der Waals surface area contributed by atoms with Crippen molar-refractivity contribution in [2.75, 3.05) is 25.0 Å². The quantitative estimate of drug-likeness (QED) is 0.878. The van der Waals surface area contributed by atoms with Crippen molar-refractivity contribution in [1.29, 1.82) is 0 Å². The molecule has 2 fully saturated rings. The average molecular weight is 309 g/mol. The predicted octanol–water partition coefficient (Wildman–Crippen LogP) is 1.16. The van der Waals surface area contributed by atoms with Crippen LogP contribution in [0.25, 0.3) is 0 Å². The number of hydrogen-bond acceptors (Lipinski definition) is 4. The van der Waals surface area contributed by atoms with Crippen molar-refractivity contribution in [1.82, 2.24) is 4.72 Å². The van der Waals surface area contributed by atoms with Crippen molar-refractivity contribution in [3.05, 3.63) is 24.3 Å². The van der Waals surface area contributed by atoms with Gasteiger partial charge in [0.25, 0.3) is 0 Å². The van der Waals surface area contributed by atoms with Crippen LogP contribution in [0.4, 0.5) is 5.69 Å². The molecule has 3 rings (SSSR count). The van der Waals surface area contributed by atoms with Gasteiger partial charge in [0.15, 0.2) is 0 Å². The highest BCUT2D eigenvalue weighted by molar-refractivity contribution is 7.89. The number of nitrogens with two attached hydrogens (primary N) is 1. The lowest BCUT2D eigenvalue weighted by Gasteiger charge is -2.27. The first-order valence-corrected chi connectivity index (χ1v) is 9.02. The summed E-state index contributed by atoms with van der Waals surface area (Å²) in [6, 6.07) is 7.56. The van der Waals surface area contributed by atoms with E-state index in [1.54, 1.807) is 12.1 Å². The normalized spacial score (nSPS) is 29.4. The zero-order chi connectivity index (χ0) is 15.0. The number of rotatable bonds is 3. The van der Waals surface area contributed by atoms with Gasteiger partial charge >= 0.3 is 0 Å². The van der Waals surface area contributed by atoms with E-state index in [1.165, 1.54) is 7.05 Å². The first-order chi connectivity index (χ1) is 10.0. The number of hydrogen-bond donors (Lipinski definition) is 2. The van der Waals surface area contributed by atoms with Gasteiger partial charge in [0.2, 0.25) is 10.0 Å². The van der Waals surface area contributed by atoms with E-state index >= 15 is 0 Å². The highest BCUT2D eigenvalue weighted by atomic mass is 32.2. The van der Waals surface area contributed by atoms with Crippen LogP contribution in [-0.4, -0.2) is 34.6 Å². The molecule has 1 aliphatic heterocycles. The summed E-state index contributed by atoms with van der Waals surface area (Å²) >= 11 is 0. The van der Waals surface area contributed by atoms with Gasteiger partial charge in [-0.15, -0.1) is 0 Å². The van der Waals surface area contributed by atoms with Crippen molar-refractivity contribution in [2.24, 2.45) is 17.6 Å². The molecular weight excluding hydrogens is 286 g/mol. The lowest BCUT2D eigenvalue weighted by molar-refractivity contribution is 0.271. The fourth-order valence-corrected chi connectivity index (χ4v) is 4.67. The third-order valence-electron chi connectivity index (χ3n) is 4.85. The number of fused-ring (bicyclic) bond motifs is 1. The SMILES string of the molecule is CNS(=O)(=O)c1ccccc1N1C[C@H]2CCC(N)C[C@H]2C1. The first kappa shape index (κ1) is 14.8. The molecule has 1 saturated carbocycles. The molecular formula is C15H23N3O2S. The summed E-state index contributed by atoms with van der Waals surface area (Å²) in [5.41, 5.74) is 6.89. The van der Waals surface area contributed by atoms with E-state index in [9.17, 15) is 8.42 Å². The Balaban J connectivity index is 1.89. The molecule has 1 heterocycles. The third-order valence-corrected chi connectivity index (χ3v) is 6.32. The summed E-state index contributed by atoms with van der Waals surface area (Å²) in [6.45, 7) is 1.85. The van der Waals surface area contributed by atoms with Crippen molar-refractivity contribution in [3.63, 3.8) is 0 Å². The third kappa shape index (κ3) is 2.80. The molecule has 116 valence electrons. The standard InChI is InChI=1S/C15H23N3O2S/c1-17-21(19,20)15-5-3-2-4-14(15)18-9-11-6-7-13(16)8-12(11)10-18/h2-5,11-13,17H,6-10,16H2,1H3/t11-,12+,13?/m1/s1. The minimum atomic E-state index is -3.43. The van der Waals surface area contributed by atoms with Gasteiger partial charge in [0.1, 0.15) is 4.90 Å². The molecule has 21 heavy (non-hydrogen) atoms. The second-order valence-electron chi connectivity index (χ2n) is 6.17. The van der Waals surface area contributed by atoms with E-state index in [-0.39, 0.29) is 0 Å². The van der Waals surface area contributed by atoms with Gasteiger partial charge in [0, 0.05) is 19.1 Å². The molecule has 6 heteroatoms. The molecule has 3 atom stereocenters. The molecule has 0 spiro atoms. The van der Waals surface area contributed by atoms with E-state index in [0.29, 0.717) is 22.8 Å². The fraction of sp³-hybridized carbons (Fsp3) is 0.600. The smallest absolute Gasteiger partial charge is 0.242 e. The Morgan fingerprint density at radius 3 is 2.67 bits per heavy atom. The fourth-order valence-electron chi connectivity index (χ4n) is 3.72. The lowest BCUT2D eigenvalue weighted by atomic mass is 9.79. The van der Waals surface area contributed by atoms with E-state index in [0.717, 1.165) is 38.0 Å². The molecule has 1 aromatic rings. The molecule has 0 radical (unpaired) electrons. The summed E-state index contributed by atoms with van der Waals surface area (Å²) < 4.78 is 26.8. The maximum atomic E-state index is 12.2. The molecule has 0 amide bonds. The van der Waals surface area contributed by atoms with Crippen LogP contribution in [-0.2, 0) is 10.0 Å². The topological polar surface area (TPSA) is 75.4 Å². The van der Waals surface area contributed by atoms with Gasteiger partial charge in [-0.1, -0.05) is 12.1 Å². The van der Waals surface area contributed by atoms with Gasteiger partial charge in [0.05, 0.1) is 5.69 Å². The summed E-state index contributed by atoms with van der Waals surface area (Å²) in [6.07, 6.45) is 3.30. The van der Waals surface area contributed by atoms with Gasteiger partial charge < -0.3 is 10.6 Å². The van der Waals surface area contributed by atoms with Crippen LogP contribution >= 0.6 is 0 Å². The summed E-state index contributed by atoms with van der Waals surface area (Å²) in [5.74, 6) is 1.24.